The van der Waals surface area contributed by atoms with E-state index in [4.69, 9.17) is 0 Å². The molecule has 200 valence electrons. The Bertz CT molecular complexity index is 1200. The van der Waals surface area contributed by atoms with E-state index in [9.17, 15) is 19.3 Å². The Morgan fingerprint density at radius 1 is 0.947 bits per heavy atom. The Morgan fingerprint density at radius 2 is 1.66 bits per heavy atom. The largest absolute Gasteiger partial charge is 0.367 e. The van der Waals surface area contributed by atoms with Gasteiger partial charge in [-0.1, -0.05) is 6.07 Å². The van der Waals surface area contributed by atoms with Crippen molar-refractivity contribution in [3.05, 3.63) is 64.3 Å². The minimum atomic E-state index is -0.491. The molecule has 0 aromatic heterocycles. The predicted molar refractivity (Wildman–Crippen MR) is 141 cm³/mol. The molecule has 10 heteroatoms. The van der Waals surface area contributed by atoms with E-state index in [2.05, 4.69) is 15.4 Å². The van der Waals surface area contributed by atoms with E-state index in [0.717, 1.165) is 45.6 Å². The monoisotopic (exact) mass is 521 g/mol. The molecule has 0 radical (unpaired) electrons. The Labute approximate surface area is 220 Å². The first-order valence-corrected chi connectivity index (χ1v) is 13.2. The normalized spacial score (nSPS) is 21.3. The second-order valence-electron chi connectivity index (χ2n) is 10.4. The number of halogens is 1. The molecule has 3 aliphatic rings. The van der Waals surface area contributed by atoms with Crippen molar-refractivity contribution in [2.75, 3.05) is 50.7 Å². The SMILES string of the molecule is O=Nc1ccc(C(=O)N2CCC(CN3CCN(c4ccc(C5CCC(=O)NC5=O)cc4F)CC3)CC2)cc1. The first-order valence-electron chi connectivity index (χ1n) is 13.2. The molecule has 9 nitrogen and oxygen atoms in total. The number of rotatable bonds is 6. The minimum absolute atomic E-state index is 0.0137. The van der Waals surface area contributed by atoms with Gasteiger partial charge in [-0.15, -0.1) is 4.91 Å². The number of imide groups is 1. The van der Waals surface area contributed by atoms with Gasteiger partial charge in [0.1, 0.15) is 11.5 Å². The lowest BCUT2D eigenvalue weighted by Gasteiger charge is -2.39. The number of benzene rings is 2. The van der Waals surface area contributed by atoms with Crippen LogP contribution >= 0.6 is 0 Å². The molecular weight excluding hydrogens is 489 g/mol. The Hall–Kier alpha value is -3.66. The maximum absolute atomic E-state index is 15.0. The summed E-state index contributed by atoms with van der Waals surface area (Å²) >= 11 is 0. The molecule has 3 fully saturated rings. The number of carbonyl (C=O) groups excluding carboxylic acids is 3. The van der Waals surface area contributed by atoms with Gasteiger partial charge in [0.2, 0.25) is 11.8 Å². The van der Waals surface area contributed by atoms with E-state index < -0.39 is 5.92 Å². The summed E-state index contributed by atoms with van der Waals surface area (Å²) in [5.41, 5.74) is 2.04. The zero-order valence-corrected chi connectivity index (χ0v) is 21.3. The molecule has 2 aromatic carbocycles. The topological polar surface area (TPSA) is 102 Å². The lowest BCUT2D eigenvalue weighted by Crippen LogP contribution is -2.49. The number of nitrogens with zero attached hydrogens (tertiary/aromatic N) is 4. The van der Waals surface area contributed by atoms with Crippen molar-refractivity contribution in [1.82, 2.24) is 15.1 Å². The first-order chi connectivity index (χ1) is 18.4. The molecule has 38 heavy (non-hydrogen) atoms. The number of anilines is 1. The van der Waals surface area contributed by atoms with E-state index >= 15 is 4.39 Å². The third-order valence-corrected chi connectivity index (χ3v) is 7.96. The number of hydrogen-bond acceptors (Lipinski definition) is 7. The van der Waals surface area contributed by atoms with Gasteiger partial charge in [0.15, 0.2) is 0 Å². The molecule has 3 saturated heterocycles. The first kappa shape index (κ1) is 26.0. The molecule has 0 saturated carbocycles. The number of nitrogens with one attached hydrogen (secondary N) is 1. The van der Waals surface area contributed by atoms with E-state index in [-0.39, 0.29) is 30.0 Å². The van der Waals surface area contributed by atoms with Crippen molar-refractivity contribution in [2.45, 2.75) is 31.6 Å². The van der Waals surface area contributed by atoms with Gasteiger partial charge in [-0.05, 0) is 72.3 Å². The van der Waals surface area contributed by atoms with Gasteiger partial charge >= 0.3 is 0 Å². The Kier molecular flexibility index (Phi) is 7.78. The maximum Gasteiger partial charge on any atom is 0.253 e. The van der Waals surface area contributed by atoms with Gasteiger partial charge in [0.05, 0.1) is 11.6 Å². The van der Waals surface area contributed by atoms with Crippen LogP contribution in [0, 0.1) is 16.6 Å². The van der Waals surface area contributed by atoms with E-state index in [1.165, 1.54) is 6.07 Å². The van der Waals surface area contributed by atoms with E-state index in [0.29, 0.717) is 47.9 Å². The van der Waals surface area contributed by atoms with Crippen LogP contribution in [0.4, 0.5) is 15.8 Å². The molecule has 1 N–H and O–H groups in total. The number of likely N-dealkylation sites (tertiary alicyclic amines) is 1. The van der Waals surface area contributed by atoms with Gasteiger partial charge < -0.3 is 9.80 Å². The minimum Gasteiger partial charge on any atom is -0.367 e. The van der Waals surface area contributed by atoms with Gasteiger partial charge in [-0.3, -0.25) is 24.6 Å². The molecule has 0 aliphatic carbocycles. The highest BCUT2D eigenvalue weighted by atomic mass is 19.1. The number of amides is 3. The molecule has 3 aliphatic heterocycles. The smallest absolute Gasteiger partial charge is 0.253 e. The van der Waals surface area contributed by atoms with Gasteiger partial charge in [0.25, 0.3) is 5.91 Å². The average molecular weight is 522 g/mol. The van der Waals surface area contributed by atoms with Crippen molar-refractivity contribution in [3.63, 3.8) is 0 Å². The molecule has 3 amide bonds. The molecule has 0 bridgehead atoms. The molecule has 1 unspecified atom stereocenters. The average Bonchev–Trinajstić information content (AvgIpc) is 2.94. The Morgan fingerprint density at radius 3 is 2.29 bits per heavy atom. The summed E-state index contributed by atoms with van der Waals surface area (Å²) in [5.74, 6) is -0.967. The summed E-state index contributed by atoms with van der Waals surface area (Å²) in [5, 5.41) is 5.21. The number of carbonyl (C=O) groups is 3. The van der Waals surface area contributed by atoms with Crippen LogP contribution in [0.1, 0.15) is 47.5 Å². The predicted octanol–water partition coefficient (Wildman–Crippen LogP) is 3.42. The number of hydrogen-bond donors (Lipinski definition) is 1. The lowest BCUT2D eigenvalue weighted by atomic mass is 9.90. The summed E-state index contributed by atoms with van der Waals surface area (Å²) in [6.45, 7) is 5.50. The fourth-order valence-corrected chi connectivity index (χ4v) is 5.71. The number of piperidine rings is 2. The van der Waals surface area contributed by atoms with Crippen LogP contribution in [-0.4, -0.2) is 73.3 Å². The maximum atomic E-state index is 15.0. The zero-order chi connectivity index (χ0) is 26.6. The lowest BCUT2D eigenvalue weighted by molar-refractivity contribution is -0.134. The van der Waals surface area contributed by atoms with Crippen LogP contribution in [0.5, 0.6) is 0 Å². The summed E-state index contributed by atoms with van der Waals surface area (Å²) in [4.78, 5) is 53.2. The van der Waals surface area contributed by atoms with Crippen molar-refractivity contribution in [3.8, 4) is 0 Å². The summed E-state index contributed by atoms with van der Waals surface area (Å²) in [6, 6.07) is 11.4. The van der Waals surface area contributed by atoms with Crippen molar-refractivity contribution >= 4 is 29.1 Å². The highest BCUT2D eigenvalue weighted by molar-refractivity contribution is 6.01. The van der Waals surface area contributed by atoms with Gasteiger partial charge in [0, 0.05) is 57.8 Å². The quantitative estimate of drug-likeness (QED) is 0.462. The third-order valence-electron chi connectivity index (χ3n) is 7.96. The van der Waals surface area contributed by atoms with Crippen LogP contribution in [0.15, 0.2) is 47.6 Å². The van der Waals surface area contributed by atoms with Gasteiger partial charge in [-0.2, -0.15) is 0 Å². The standard InChI is InChI=1S/C28H32FN5O4/c29-24-17-21(23-6-8-26(35)30-27(23)36)3-7-25(24)33-15-13-32(14-16-33)18-19-9-11-34(12-10-19)28(37)20-1-4-22(31-38)5-2-20/h1-5,7,17,19,23H,6,8-16,18H2,(H,30,35,36). The summed E-state index contributed by atoms with van der Waals surface area (Å²) in [7, 11) is 0. The van der Waals surface area contributed by atoms with E-state index in [1.807, 2.05) is 9.80 Å². The zero-order valence-electron chi connectivity index (χ0n) is 21.3. The number of piperazine rings is 1. The van der Waals surface area contributed by atoms with Crippen LogP contribution in [0.3, 0.4) is 0 Å². The molecule has 2 aromatic rings. The molecule has 1 atom stereocenters. The van der Waals surface area contributed by atoms with Crippen LogP contribution in [0.25, 0.3) is 0 Å². The fraction of sp³-hybridized carbons (Fsp3) is 0.464. The molecular formula is C28H32FN5O4. The third kappa shape index (κ3) is 5.75. The second kappa shape index (κ2) is 11.4. The Balaban J connectivity index is 1.08. The van der Waals surface area contributed by atoms with Crippen molar-refractivity contribution in [2.24, 2.45) is 11.1 Å². The molecule has 5 rings (SSSR count). The van der Waals surface area contributed by atoms with Crippen molar-refractivity contribution < 1.29 is 18.8 Å². The highest BCUT2D eigenvalue weighted by Crippen LogP contribution is 2.30. The summed E-state index contributed by atoms with van der Waals surface area (Å²) in [6.07, 6.45) is 2.55. The summed E-state index contributed by atoms with van der Waals surface area (Å²) < 4.78 is 15.0. The molecule has 3 heterocycles. The molecule has 0 spiro atoms. The van der Waals surface area contributed by atoms with Crippen LogP contribution in [-0.2, 0) is 9.59 Å². The number of nitroso groups, excluding NO2 is 1. The van der Waals surface area contributed by atoms with Crippen LogP contribution in [0.2, 0.25) is 0 Å². The van der Waals surface area contributed by atoms with Crippen molar-refractivity contribution in [1.29, 1.82) is 0 Å². The van der Waals surface area contributed by atoms with Gasteiger partial charge in [-0.25, -0.2) is 4.39 Å². The highest BCUT2D eigenvalue weighted by Gasteiger charge is 2.30. The fourth-order valence-electron chi connectivity index (χ4n) is 5.71. The van der Waals surface area contributed by atoms with Crippen LogP contribution < -0.4 is 10.2 Å². The second-order valence-corrected chi connectivity index (χ2v) is 10.4. The van der Waals surface area contributed by atoms with E-state index in [1.54, 1.807) is 36.4 Å².